The number of ether oxygens (including phenoxy) is 2. The second-order valence-electron chi connectivity index (χ2n) is 6.94. The molecule has 0 atom stereocenters. The fourth-order valence-electron chi connectivity index (χ4n) is 3.22. The molecule has 0 unspecified atom stereocenters. The van der Waals surface area contributed by atoms with Gasteiger partial charge in [-0.2, -0.15) is 0 Å². The van der Waals surface area contributed by atoms with E-state index in [0.29, 0.717) is 61.4 Å². The number of aromatic nitrogens is 3. The van der Waals surface area contributed by atoms with Crippen molar-refractivity contribution in [2.45, 2.75) is 0 Å². The molecule has 0 saturated heterocycles. The van der Waals surface area contributed by atoms with Crippen molar-refractivity contribution in [3.8, 4) is 34.0 Å². The summed E-state index contributed by atoms with van der Waals surface area (Å²) in [5, 5.41) is 3.79. The molecule has 8 nitrogen and oxygen atoms in total. The van der Waals surface area contributed by atoms with Crippen LogP contribution in [0.25, 0.3) is 22.5 Å². The van der Waals surface area contributed by atoms with Gasteiger partial charge in [-0.3, -0.25) is 0 Å². The number of pyridine rings is 1. The SMILES string of the molecule is COc1cc(OC)c(Cl)c(Nc2ncccc2-c2cc(-c3ccc(N)c(N)c3)ncn2)c1Cl. The van der Waals surface area contributed by atoms with Crippen LogP contribution in [-0.2, 0) is 0 Å². The number of benzene rings is 2. The van der Waals surface area contributed by atoms with Crippen molar-refractivity contribution < 1.29 is 9.47 Å². The lowest BCUT2D eigenvalue weighted by Crippen LogP contribution is -2.01. The van der Waals surface area contributed by atoms with E-state index in [1.54, 1.807) is 30.5 Å². The number of nitrogens with zero attached hydrogens (tertiary/aromatic N) is 3. The molecule has 0 saturated carbocycles. The third-order valence-corrected chi connectivity index (χ3v) is 5.70. The van der Waals surface area contributed by atoms with Crippen molar-refractivity contribution in [3.05, 3.63) is 65.0 Å². The molecule has 0 radical (unpaired) electrons. The van der Waals surface area contributed by atoms with E-state index in [9.17, 15) is 0 Å². The normalized spacial score (nSPS) is 10.7. The van der Waals surface area contributed by atoms with Gasteiger partial charge in [-0.15, -0.1) is 0 Å². The summed E-state index contributed by atoms with van der Waals surface area (Å²) in [6.45, 7) is 0. The number of hydrogen-bond donors (Lipinski definition) is 3. The Morgan fingerprint density at radius 2 is 1.52 bits per heavy atom. The van der Waals surface area contributed by atoms with E-state index >= 15 is 0 Å². The predicted molar refractivity (Wildman–Crippen MR) is 132 cm³/mol. The van der Waals surface area contributed by atoms with Gasteiger partial charge in [0.15, 0.2) is 0 Å². The van der Waals surface area contributed by atoms with Crippen molar-refractivity contribution in [1.29, 1.82) is 0 Å². The van der Waals surface area contributed by atoms with E-state index in [-0.39, 0.29) is 0 Å². The highest BCUT2D eigenvalue weighted by Gasteiger charge is 2.19. The standard InChI is InChI=1S/C23H20Cl2N6O2/c1-32-18-10-19(33-2)21(25)22(20(18)24)31-23-13(4-3-7-28-23)17-9-16(29-11-30-17)12-5-6-14(26)15(27)8-12/h3-11H,26-27H2,1-2H3,(H,28,31). The molecule has 4 rings (SSSR count). The third kappa shape index (κ3) is 4.44. The van der Waals surface area contributed by atoms with E-state index in [1.807, 2.05) is 18.2 Å². The molecule has 168 valence electrons. The number of methoxy groups -OCH3 is 2. The van der Waals surface area contributed by atoms with Gasteiger partial charge in [-0.25, -0.2) is 15.0 Å². The Morgan fingerprint density at radius 1 is 0.818 bits per heavy atom. The monoisotopic (exact) mass is 482 g/mol. The Kier molecular flexibility index (Phi) is 6.39. The van der Waals surface area contributed by atoms with Crippen LogP contribution < -0.4 is 26.3 Å². The van der Waals surface area contributed by atoms with Crippen LogP contribution in [0.1, 0.15) is 0 Å². The molecule has 0 fully saturated rings. The number of anilines is 4. The van der Waals surface area contributed by atoms with Crippen molar-refractivity contribution in [1.82, 2.24) is 15.0 Å². The summed E-state index contributed by atoms with van der Waals surface area (Å²) in [5.41, 5.74) is 16.0. The maximum absolute atomic E-state index is 6.52. The second-order valence-corrected chi connectivity index (χ2v) is 7.70. The average molecular weight is 483 g/mol. The Labute approximate surface area is 200 Å². The van der Waals surface area contributed by atoms with Crippen molar-refractivity contribution in [2.75, 3.05) is 31.0 Å². The number of halogens is 2. The van der Waals surface area contributed by atoms with E-state index in [4.69, 9.17) is 44.1 Å². The molecule has 0 spiro atoms. The number of rotatable bonds is 6. The van der Waals surface area contributed by atoms with Gasteiger partial charge in [0.2, 0.25) is 0 Å². The number of nitrogens with one attached hydrogen (secondary N) is 1. The lowest BCUT2D eigenvalue weighted by atomic mass is 10.1. The molecule has 10 heteroatoms. The van der Waals surface area contributed by atoms with Crippen LogP contribution in [0.3, 0.4) is 0 Å². The second kappa shape index (κ2) is 9.40. The summed E-state index contributed by atoms with van der Waals surface area (Å²) >= 11 is 13.0. The zero-order valence-corrected chi connectivity index (χ0v) is 19.3. The van der Waals surface area contributed by atoms with E-state index < -0.39 is 0 Å². The van der Waals surface area contributed by atoms with Gasteiger partial charge in [-0.1, -0.05) is 29.3 Å². The van der Waals surface area contributed by atoms with E-state index in [1.165, 1.54) is 20.5 Å². The van der Waals surface area contributed by atoms with Gasteiger partial charge in [0, 0.05) is 23.4 Å². The topological polar surface area (TPSA) is 121 Å². The first kappa shape index (κ1) is 22.4. The van der Waals surface area contributed by atoms with E-state index in [0.717, 1.165) is 5.56 Å². The maximum Gasteiger partial charge on any atom is 0.143 e. The van der Waals surface area contributed by atoms with Crippen molar-refractivity contribution in [2.24, 2.45) is 0 Å². The van der Waals surface area contributed by atoms with E-state index in [2.05, 4.69) is 20.3 Å². The molecule has 5 N–H and O–H groups in total. The molecule has 0 aliphatic rings. The molecule has 33 heavy (non-hydrogen) atoms. The van der Waals surface area contributed by atoms with Crippen LogP contribution in [0, 0.1) is 0 Å². The van der Waals surface area contributed by atoms with Crippen LogP contribution in [-0.4, -0.2) is 29.2 Å². The van der Waals surface area contributed by atoms with Crippen LogP contribution in [0.15, 0.2) is 55.0 Å². The minimum Gasteiger partial charge on any atom is -0.495 e. The first-order valence-corrected chi connectivity index (χ1v) is 10.5. The molecular formula is C23H20Cl2N6O2. The zero-order chi connectivity index (χ0) is 23.5. The summed E-state index contributed by atoms with van der Waals surface area (Å²) in [7, 11) is 3.02. The molecule has 2 aromatic heterocycles. The average Bonchev–Trinajstić information content (AvgIpc) is 2.84. The molecule has 4 aromatic rings. The van der Waals surface area contributed by atoms with Gasteiger partial charge >= 0.3 is 0 Å². The summed E-state index contributed by atoms with van der Waals surface area (Å²) in [4.78, 5) is 13.3. The minimum atomic E-state index is 0.292. The highest BCUT2D eigenvalue weighted by molar-refractivity contribution is 6.41. The smallest absolute Gasteiger partial charge is 0.143 e. The predicted octanol–water partition coefficient (Wildman–Crippen LogP) is 5.44. The Balaban J connectivity index is 1.78. The highest BCUT2D eigenvalue weighted by atomic mass is 35.5. The molecule has 0 bridgehead atoms. The summed E-state index contributed by atoms with van der Waals surface area (Å²) < 4.78 is 10.7. The Morgan fingerprint density at radius 3 is 2.18 bits per heavy atom. The van der Waals surface area contributed by atoms with Crippen LogP contribution in [0.4, 0.5) is 22.9 Å². The van der Waals surface area contributed by atoms with Crippen LogP contribution in [0.5, 0.6) is 11.5 Å². The van der Waals surface area contributed by atoms with Crippen molar-refractivity contribution >= 4 is 46.1 Å². The number of nitrogens with two attached hydrogens (primary N) is 2. The fraction of sp³-hybridized carbons (Fsp3) is 0.0870. The molecule has 0 aliphatic carbocycles. The maximum atomic E-state index is 6.52. The van der Waals surface area contributed by atoms with Gasteiger partial charge < -0.3 is 26.3 Å². The lowest BCUT2D eigenvalue weighted by molar-refractivity contribution is 0.395. The fourth-order valence-corrected chi connectivity index (χ4v) is 3.82. The summed E-state index contributed by atoms with van der Waals surface area (Å²) in [5.74, 6) is 1.30. The van der Waals surface area contributed by atoms with Gasteiger partial charge in [0.05, 0.1) is 42.7 Å². The number of nitrogen functional groups attached to an aromatic ring is 2. The van der Waals surface area contributed by atoms with Gasteiger partial charge in [-0.05, 0) is 30.3 Å². The quantitative estimate of drug-likeness (QED) is 0.310. The summed E-state index contributed by atoms with van der Waals surface area (Å²) in [6.07, 6.45) is 3.12. The summed E-state index contributed by atoms with van der Waals surface area (Å²) in [6, 6.07) is 12.5. The molecular weight excluding hydrogens is 463 g/mol. The van der Waals surface area contributed by atoms with Crippen LogP contribution >= 0.6 is 23.2 Å². The van der Waals surface area contributed by atoms with Gasteiger partial charge in [0.25, 0.3) is 0 Å². The first-order chi connectivity index (χ1) is 15.9. The van der Waals surface area contributed by atoms with Gasteiger partial charge in [0.1, 0.15) is 33.7 Å². The molecule has 2 heterocycles. The van der Waals surface area contributed by atoms with Crippen molar-refractivity contribution in [3.63, 3.8) is 0 Å². The highest BCUT2D eigenvalue weighted by Crippen LogP contribution is 2.45. The molecule has 2 aromatic carbocycles. The third-order valence-electron chi connectivity index (χ3n) is 4.95. The zero-order valence-electron chi connectivity index (χ0n) is 17.8. The van der Waals surface area contributed by atoms with Crippen LogP contribution in [0.2, 0.25) is 10.0 Å². The largest absolute Gasteiger partial charge is 0.495 e. The molecule has 0 amide bonds. The Bertz CT molecular complexity index is 1300. The molecule has 0 aliphatic heterocycles. The number of hydrogen-bond acceptors (Lipinski definition) is 8. The minimum absolute atomic E-state index is 0.292. The first-order valence-electron chi connectivity index (χ1n) is 9.72. The lowest BCUT2D eigenvalue weighted by Gasteiger charge is -2.17. The Hall–Kier alpha value is -3.75.